The van der Waals surface area contributed by atoms with Crippen molar-refractivity contribution < 1.29 is 13.5 Å². The summed E-state index contributed by atoms with van der Waals surface area (Å²) >= 11 is 0. The van der Waals surface area contributed by atoms with E-state index in [1.165, 1.54) is 17.7 Å². The van der Waals surface area contributed by atoms with Crippen molar-refractivity contribution >= 4 is 0 Å². The minimum Gasteiger partial charge on any atom is -0.433 e. The molecule has 1 aliphatic rings. The predicted octanol–water partition coefficient (Wildman–Crippen LogP) is 4.38. The molecule has 0 heterocycles. The molecule has 0 N–H and O–H groups in total. The van der Waals surface area contributed by atoms with Gasteiger partial charge in [-0.05, 0) is 31.6 Å². The van der Waals surface area contributed by atoms with Crippen LogP contribution in [0.2, 0.25) is 0 Å². The normalized spacial score (nSPS) is 16.2. The summed E-state index contributed by atoms with van der Waals surface area (Å²) in [6, 6.07) is 7.58. The maximum Gasteiger partial charge on any atom is 0.426 e. The van der Waals surface area contributed by atoms with Crippen LogP contribution in [0.25, 0.3) is 0 Å². The van der Waals surface area contributed by atoms with Crippen molar-refractivity contribution in [3.05, 3.63) is 59.4 Å². The van der Waals surface area contributed by atoms with Crippen LogP contribution < -0.4 is 0 Å². The molecule has 1 nitrogen and oxygen atoms in total. The number of rotatable bonds is 3. The third kappa shape index (κ3) is 2.93. The van der Waals surface area contributed by atoms with E-state index in [-0.39, 0.29) is 5.56 Å². The number of halogens is 2. The van der Waals surface area contributed by atoms with Crippen LogP contribution in [0.5, 0.6) is 0 Å². The van der Waals surface area contributed by atoms with E-state index in [4.69, 9.17) is 4.74 Å². The molecule has 0 fully saturated rings. The van der Waals surface area contributed by atoms with Gasteiger partial charge in [-0.2, -0.15) is 8.78 Å². The fourth-order valence-electron chi connectivity index (χ4n) is 1.66. The third-order valence-corrected chi connectivity index (χ3v) is 2.69. The summed E-state index contributed by atoms with van der Waals surface area (Å²) in [6.45, 7) is 1.97. The molecule has 1 aliphatic carbocycles. The maximum atomic E-state index is 13.8. The molecule has 0 radical (unpaired) electrons. The molecule has 0 aliphatic heterocycles. The molecule has 0 spiro atoms. The summed E-state index contributed by atoms with van der Waals surface area (Å²) in [7, 11) is 0. The lowest BCUT2D eigenvalue weighted by atomic mass is 10.1. The first-order valence-corrected chi connectivity index (χ1v) is 5.56. The Balaban J connectivity index is 2.13. The van der Waals surface area contributed by atoms with E-state index in [2.05, 4.69) is 0 Å². The quantitative estimate of drug-likeness (QED) is 0.756. The third-order valence-electron chi connectivity index (χ3n) is 2.69. The molecular weight excluding hydrogens is 222 g/mol. The zero-order valence-corrected chi connectivity index (χ0v) is 9.62. The molecule has 2 rings (SSSR count). The highest BCUT2D eigenvalue weighted by Crippen LogP contribution is 2.34. The average Bonchev–Trinajstić information content (AvgIpc) is 2.33. The van der Waals surface area contributed by atoms with Crippen LogP contribution in [0.1, 0.15) is 25.3 Å². The van der Waals surface area contributed by atoms with Gasteiger partial charge < -0.3 is 4.74 Å². The molecule has 1 aromatic rings. The first-order chi connectivity index (χ1) is 8.08. The van der Waals surface area contributed by atoms with Gasteiger partial charge in [-0.25, -0.2) is 0 Å². The molecule has 0 saturated carbocycles. The van der Waals surface area contributed by atoms with Crippen LogP contribution in [-0.4, -0.2) is 0 Å². The molecule has 0 saturated heterocycles. The Morgan fingerprint density at radius 2 is 1.76 bits per heavy atom. The zero-order valence-electron chi connectivity index (χ0n) is 9.62. The monoisotopic (exact) mass is 236 g/mol. The van der Waals surface area contributed by atoms with Crippen LogP contribution in [0.4, 0.5) is 8.78 Å². The van der Waals surface area contributed by atoms with Gasteiger partial charge in [0.15, 0.2) is 0 Å². The van der Waals surface area contributed by atoms with Crippen LogP contribution in [0.3, 0.4) is 0 Å². The summed E-state index contributed by atoms with van der Waals surface area (Å²) in [6.07, 6.45) is 1.49. The second-order valence-electron chi connectivity index (χ2n) is 4.13. The molecule has 17 heavy (non-hydrogen) atoms. The van der Waals surface area contributed by atoms with E-state index in [0.717, 1.165) is 6.42 Å². The smallest absolute Gasteiger partial charge is 0.426 e. The van der Waals surface area contributed by atoms with Crippen molar-refractivity contribution in [3.63, 3.8) is 0 Å². The molecule has 90 valence electrons. The summed E-state index contributed by atoms with van der Waals surface area (Å²) in [5.41, 5.74) is 1.06. The Morgan fingerprint density at radius 3 is 2.35 bits per heavy atom. The summed E-state index contributed by atoms with van der Waals surface area (Å²) in [5, 5.41) is 0. The summed E-state index contributed by atoms with van der Waals surface area (Å²) < 4.78 is 32.3. The van der Waals surface area contributed by atoms with Gasteiger partial charge in [0.1, 0.15) is 5.76 Å². The van der Waals surface area contributed by atoms with Gasteiger partial charge >= 0.3 is 6.11 Å². The van der Waals surface area contributed by atoms with Gasteiger partial charge in [-0.15, -0.1) is 0 Å². The van der Waals surface area contributed by atoms with E-state index in [0.29, 0.717) is 12.2 Å². The molecule has 0 atom stereocenters. The van der Waals surface area contributed by atoms with Crippen molar-refractivity contribution in [1.82, 2.24) is 0 Å². The Bertz CT molecular complexity index is 447. The van der Waals surface area contributed by atoms with Crippen molar-refractivity contribution in [2.45, 2.75) is 25.9 Å². The Labute approximate surface area is 99.4 Å². The van der Waals surface area contributed by atoms with Gasteiger partial charge in [0.25, 0.3) is 0 Å². The van der Waals surface area contributed by atoms with Crippen LogP contribution in [-0.2, 0) is 10.8 Å². The van der Waals surface area contributed by atoms with Crippen molar-refractivity contribution in [3.8, 4) is 0 Å². The van der Waals surface area contributed by atoms with Gasteiger partial charge in [0.05, 0.1) is 5.56 Å². The van der Waals surface area contributed by atoms with Crippen molar-refractivity contribution in [2.75, 3.05) is 0 Å². The van der Waals surface area contributed by atoms with Crippen LogP contribution >= 0.6 is 0 Å². The Morgan fingerprint density at radius 1 is 1.06 bits per heavy atom. The highest BCUT2D eigenvalue weighted by atomic mass is 19.3. The van der Waals surface area contributed by atoms with E-state index in [1.807, 2.05) is 13.0 Å². The fourth-order valence-corrected chi connectivity index (χ4v) is 1.66. The lowest BCUT2D eigenvalue weighted by Crippen LogP contribution is -2.18. The fraction of sp³-hybridized carbons (Fsp3) is 0.286. The number of hydrogen-bond acceptors (Lipinski definition) is 1. The van der Waals surface area contributed by atoms with E-state index < -0.39 is 6.11 Å². The minimum atomic E-state index is -3.26. The molecule has 0 aromatic heterocycles. The molecule has 1 aromatic carbocycles. The summed E-state index contributed by atoms with van der Waals surface area (Å²) in [4.78, 5) is 0. The highest BCUT2D eigenvalue weighted by molar-refractivity contribution is 5.22. The number of hydrogen-bond donors (Lipinski definition) is 0. The second kappa shape index (κ2) is 4.70. The van der Waals surface area contributed by atoms with Crippen molar-refractivity contribution in [2.24, 2.45) is 0 Å². The van der Waals surface area contributed by atoms with Gasteiger partial charge in [0.2, 0.25) is 0 Å². The Hall–Kier alpha value is -1.64. The number of benzene rings is 1. The largest absolute Gasteiger partial charge is 0.433 e. The van der Waals surface area contributed by atoms with E-state index in [9.17, 15) is 8.78 Å². The molecule has 0 bridgehead atoms. The van der Waals surface area contributed by atoms with Crippen LogP contribution in [0.15, 0.2) is 53.8 Å². The molecule has 0 amide bonds. The number of ether oxygens (including phenoxy) is 1. The molecular formula is C14H14F2O. The molecule has 0 unspecified atom stereocenters. The average molecular weight is 236 g/mol. The van der Waals surface area contributed by atoms with Gasteiger partial charge in [-0.3, -0.25) is 0 Å². The molecule has 3 heteroatoms. The second-order valence-corrected chi connectivity index (χ2v) is 4.13. The standard InChI is InChI=1S/C14H14F2O/c1-11-7-9-13(10-8-11)17-14(15,16)12-5-3-2-4-6-12/h2-7,9H,8,10H2,1H3. The van der Waals surface area contributed by atoms with Gasteiger partial charge in [0, 0.05) is 6.42 Å². The zero-order chi connectivity index (χ0) is 12.3. The summed E-state index contributed by atoms with van der Waals surface area (Å²) in [5.74, 6) is 0.337. The first-order valence-electron chi connectivity index (χ1n) is 5.56. The Kier molecular flexibility index (Phi) is 3.27. The lowest BCUT2D eigenvalue weighted by Gasteiger charge is -2.21. The maximum absolute atomic E-state index is 13.8. The van der Waals surface area contributed by atoms with Gasteiger partial charge in [-0.1, -0.05) is 29.8 Å². The highest BCUT2D eigenvalue weighted by Gasteiger charge is 2.34. The predicted molar refractivity (Wildman–Crippen MR) is 62.5 cm³/mol. The van der Waals surface area contributed by atoms with E-state index in [1.54, 1.807) is 24.3 Å². The van der Waals surface area contributed by atoms with Crippen molar-refractivity contribution in [1.29, 1.82) is 0 Å². The number of alkyl halides is 2. The topological polar surface area (TPSA) is 9.23 Å². The minimum absolute atomic E-state index is 0.118. The lowest BCUT2D eigenvalue weighted by molar-refractivity contribution is -0.225. The van der Waals surface area contributed by atoms with E-state index >= 15 is 0 Å². The van der Waals surface area contributed by atoms with Crippen LogP contribution in [0, 0.1) is 0 Å². The SMILES string of the molecule is CC1=CC=C(OC(F)(F)c2ccccc2)CC1. The first kappa shape index (κ1) is 11.8. The number of allylic oxidation sites excluding steroid dienone is 4.